The third-order valence-corrected chi connectivity index (χ3v) is 3.65. The van der Waals surface area contributed by atoms with E-state index in [0.29, 0.717) is 6.54 Å². The summed E-state index contributed by atoms with van der Waals surface area (Å²) >= 11 is 0. The van der Waals surface area contributed by atoms with Gasteiger partial charge in [0.25, 0.3) is 0 Å². The van der Waals surface area contributed by atoms with Crippen LogP contribution < -0.4 is 10.5 Å². The minimum atomic E-state index is -3.58. The Kier molecular flexibility index (Phi) is 4.62. The number of hydrogen-bond donors (Lipinski definition) is 2. The van der Waals surface area contributed by atoms with Gasteiger partial charge in [0.05, 0.1) is 4.90 Å². The van der Waals surface area contributed by atoms with Gasteiger partial charge in [-0.05, 0) is 24.1 Å². The topological polar surface area (TPSA) is 72.2 Å². The molecule has 0 heterocycles. The fourth-order valence-electron chi connectivity index (χ4n) is 1.23. The largest absolute Gasteiger partial charge is 0.326 e. The first-order valence-electron chi connectivity index (χ1n) is 5.35. The summed E-state index contributed by atoms with van der Waals surface area (Å²) in [6.45, 7) is 4.12. The zero-order valence-corrected chi connectivity index (χ0v) is 10.7. The molecule has 0 fully saturated rings. The number of nitrogens with two attached hydrogens (primary N) is 1. The van der Waals surface area contributed by atoms with Crippen LogP contribution in [0.5, 0.6) is 0 Å². The van der Waals surface area contributed by atoms with Crippen molar-refractivity contribution in [2.75, 3.05) is 6.54 Å². The van der Waals surface area contributed by atoms with Crippen molar-refractivity contribution in [1.82, 2.24) is 4.72 Å². The average Bonchev–Trinajstić information content (AvgIpc) is 2.27. The molecule has 0 saturated carbocycles. The summed E-state index contributed by atoms with van der Waals surface area (Å²) in [7, 11) is -3.58. The second-order valence-corrected chi connectivity index (χ2v) is 5.97. The molecule has 0 atom stereocenters. The van der Waals surface area contributed by atoms with Gasteiger partial charge in [0.15, 0.2) is 0 Å². The lowest BCUT2D eigenvalue weighted by atomic mass is 10.2. The van der Waals surface area contributed by atoms with Crippen molar-refractivity contribution in [2.45, 2.75) is 25.3 Å². The smallest absolute Gasteiger partial charge is 0.240 e. The van der Waals surface area contributed by atoms with E-state index >= 15 is 0 Å². The number of nitrogens with one attached hydrogen (secondary N) is 1. The molecule has 0 unspecified atom stereocenters. The quantitative estimate of drug-likeness (QED) is 0.836. The highest BCUT2D eigenvalue weighted by Gasteiger charge is 2.15. The fraction of sp³-hybridized carbons (Fsp3) is 0.455. The first-order chi connectivity index (χ1) is 7.86. The maximum atomic E-state index is 13.2. The van der Waals surface area contributed by atoms with E-state index in [-0.39, 0.29) is 22.9 Å². The van der Waals surface area contributed by atoms with Gasteiger partial charge in [-0.2, -0.15) is 0 Å². The number of sulfonamides is 1. The lowest BCUT2D eigenvalue weighted by Crippen LogP contribution is -2.27. The van der Waals surface area contributed by atoms with Crippen LogP contribution in [-0.4, -0.2) is 15.0 Å². The van der Waals surface area contributed by atoms with Crippen LogP contribution in [0.2, 0.25) is 0 Å². The lowest BCUT2D eigenvalue weighted by molar-refractivity contribution is 0.559. The molecule has 0 spiro atoms. The van der Waals surface area contributed by atoms with Gasteiger partial charge in [0, 0.05) is 18.7 Å². The van der Waals surface area contributed by atoms with Crippen LogP contribution in [0.25, 0.3) is 0 Å². The van der Waals surface area contributed by atoms with E-state index in [0.717, 1.165) is 6.07 Å². The van der Waals surface area contributed by atoms with E-state index in [4.69, 9.17) is 5.73 Å². The van der Waals surface area contributed by atoms with E-state index in [1.165, 1.54) is 12.1 Å². The zero-order valence-electron chi connectivity index (χ0n) is 9.90. The van der Waals surface area contributed by atoms with Crippen molar-refractivity contribution in [3.8, 4) is 0 Å². The van der Waals surface area contributed by atoms with E-state index in [1.807, 2.05) is 13.8 Å². The van der Waals surface area contributed by atoms with Gasteiger partial charge in [-0.15, -0.1) is 0 Å². The third-order valence-electron chi connectivity index (χ3n) is 2.23. The molecule has 0 amide bonds. The molecule has 0 aromatic heterocycles. The van der Waals surface area contributed by atoms with Crippen molar-refractivity contribution in [3.63, 3.8) is 0 Å². The van der Waals surface area contributed by atoms with Crippen LogP contribution in [0.1, 0.15) is 19.4 Å². The highest BCUT2D eigenvalue weighted by molar-refractivity contribution is 7.89. The summed E-state index contributed by atoms with van der Waals surface area (Å²) in [6, 6.07) is 3.61. The minimum Gasteiger partial charge on any atom is -0.326 e. The predicted octanol–water partition coefficient (Wildman–Crippen LogP) is 1.22. The zero-order chi connectivity index (χ0) is 13.1. The maximum absolute atomic E-state index is 13.2. The monoisotopic (exact) mass is 260 g/mol. The van der Waals surface area contributed by atoms with Crippen LogP contribution in [0.4, 0.5) is 4.39 Å². The van der Waals surface area contributed by atoms with Gasteiger partial charge >= 0.3 is 0 Å². The Morgan fingerprint density at radius 2 is 2.06 bits per heavy atom. The Morgan fingerprint density at radius 1 is 1.41 bits per heavy atom. The van der Waals surface area contributed by atoms with E-state index in [2.05, 4.69) is 4.72 Å². The highest BCUT2D eigenvalue weighted by Crippen LogP contribution is 2.14. The van der Waals surface area contributed by atoms with Crippen LogP contribution in [-0.2, 0) is 16.6 Å². The van der Waals surface area contributed by atoms with Crippen molar-refractivity contribution in [2.24, 2.45) is 11.7 Å². The predicted molar refractivity (Wildman–Crippen MR) is 64.3 cm³/mol. The molecule has 0 saturated heterocycles. The SMILES string of the molecule is CC(C)CNS(=O)(=O)c1ccc(F)c(CN)c1. The first-order valence-corrected chi connectivity index (χ1v) is 6.83. The van der Waals surface area contributed by atoms with Gasteiger partial charge < -0.3 is 5.73 Å². The molecule has 3 N–H and O–H groups in total. The van der Waals surface area contributed by atoms with Crippen molar-refractivity contribution < 1.29 is 12.8 Å². The second-order valence-electron chi connectivity index (χ2n) is 4.20. The van der Waals surface area contributed by atoms with Gasteiger partial charge in [-0.3, -0.25) is 0 Å². The molecule has 0 bridgehead atoms. The Hall–Kier alpha value is -0.980. The van der Waals surface area contributed by atoms with Crippen molar-refractivity contribution >= 4 is 10.0 Å². The Morgan fingerprint density at radius 3 is 2.59 bits per heavy atom. The molecule has 0 aliphatic rings. The first kappa shape index (κ1) is 14.1. The molecular weight excluding hydrogens is 243 g/mol. The molecular formula is C11H17FN2O2S. The van der Waals surface area contributed by atoms with E-state index in [1.54, 1.807) is 0 Å². The molecule has 17 heavy (non-hydrogen) atoms. The fourth-order valence-corrected chi connectivity index (χ4v) is 2.50. The van der Waals surface area contributed by atoms with Gasteiger partial charge in [-0.25, -0.2) is 17.5 Å². The van der Waals surface area contributed by atoms with Gasteiger partial charge in [-0.1, -0.05) is 13.8 Å². The molecule has 0 aliphatic carbocycles. The van der Waals surface area contributed by atoms with E-state index < -0.39 is 15.8 Å². The van der Waals surface area contributed by atoms with Gasteiger partial charge in [0.1, 0.15) is 5.82 Å². The molecule has 4 nitrogen and oxygen atoms in total. The highest BCUT2D eigenvalue weighted by atomic mass is 32.2. The lowest BCUT2D eigenvalue weighted by Gasteiger charge is -2.10. The maximum Gasteiger partial charge on any atom is 0.240 e. The van der Waals surface area contributed by atoms with Crippen LogP contribution in [0.15, 0.2) is 23.1 Å². The van der Waals surface area contributed by atoms with Crippen LogP contribution >= 0.6 is 0 Å². The molecule has 0 radical (unpaired) electrons. The summed E-state index contributed by atoms with van der Waals surface area (Å²) in [5.41, 5.74) is 5.52. The second kappa shape index (κ2) is 5.57. The van der Waals surface area contributed by atoms with Crippen LogP contribution in [0, 0.1) is 11.7 Å². The molecule has 96 valence electrons. The Labute approximate surface area is 101 Å². The normalized spacial score (nSPS) is 12.1. The summed E-state index contributed by atoms with van der Waals surface area (Å²) < 4.78 is 39.3. The third kappa shape index (κ3) is 3.76. The number of halogens is 1. The number of benzene rings is 1. The Balaban J connectivity index is 2.99. The van der Waals surface area contributed by atoms with Crippen molar-refractivity contribution in [1.29, 1.82) is 0 Å². The number of hydrogen-bond acceptors (Lipinski definition) is 3. The molecule has 1 aromatic carbocycles. The standard InChI is InChI=1S/C11H17FN2O2S/c1-8(2)7-14-17(15,16)10-3-4-11(12)9(5-10)6-13/h3-5,8,14H,6-7,13H2,1-2H3. The van der Waals surface area contributed by atoms with Gasteiger partial charge in [0.2, 0.25) is 10.0 Å². The summed E-state index contributed by atoms with van der Waals surface area (Å²) in [6.07, 6.45) is 0. The van der Waals surface area contributed by atoms with Crippen LogP contribution in [0.3, 0.4) is 0 Å². The van der Waals surface area contributed by atoms with E-state index in [9.17, 15) is 12.8 Å². The molecule has 1 aromatic rings. The molecule has 0 aliphatic heterocycles. The summed E-state index contributed by atoms with van der Waals surface area (Å²) in [5.74, 6) is -0.283. The van der Waals surface area contributed by atoms with Crippen molar-refractivity contribution in [3.05, 3.63) is 29.6 Å². The summed E-state index contributed by atoms with van der Waals surface area (Å²) in [4.78, 5) is 0.0417. The molecule has 6 heteroatoms. The Bertz CT molecular complexity index is 486. The minimum absolute atomic E-state index is 0.0284. The average molecular weight is 260 g/mol. The summed E-state index contributed by atoms with van der Waals surface area (Å²) in [5, 5.41) is 0. The molecule has 1 rings (SSSR count). The number of rotatable bonds is 5.